The zero-order valence-electron chi connectivity index (χ0n) is 15.5. The summed E-state index contributed by atoms with van der Waals surface area (Å²) in [7, 11) is 0. The van der Waals surface area contributed by atoms with E-state index >= 15 is 0 Å². The minimum atomic E-state index is -0.544. The van der Waals surface area contributed by atoms with E-state index in [0.29, 0.717) is 24.4 Å². The van der Waals surface area contributed by atoms with Crippen LogP contribution in [-0.4, -0.2) is 36.7 Å². The van der Waals surface area contributed by atoms with Crippen molar-refractivity contribution in [3.63, 3.8) is 0 Å². The Hall–Kier alpha value is -2.77. The molecule has 0 fully saturated rings. The molecule has 0 aromatic heterocycles. The van der Waals surface area contributed by atoms with E-state index < -0.39 is 17.6 Å². The Morgan fingerprint density at radius 3 is 2.31 bits per heavy atom. The van der Waals surface area contributed by atoms with Crippen LogP contribution in [0.2, 0.25) is 0 Å². The summed E-state index contributed by atoms with van der Waals surface area (Å²) in [4.78, 5) is 34.0. The molecule has 0 aliphatic carbocycles. The predicted octanol–water partition coefficient (Wildman–Crippen LogP) is 2.18. The van der Waals surface area contributed by atoms with E-state index in [-0.39, 0.29) is 25.4 Å². The van der Waals surface area contributed by atoms with E-state index in [2.05, 4.69) is 10.6 Å². The number of ether oxygens (including phenoxy) is 2. The van der Waals surface area contributed by atoms with E-state index in [9.17, 15) is 14.4 Å². The van der Waals surface area contributed by atoms with Gasteiger partial charge in [-0.2, -0.15) is 0 Å². The third-order valence-corrected chi connectivity index (χ3v) is 3.00. The molecule has 26 heavy (non-hydrogen) atoms. The molecule has 144 valence electrons. The summed E-state index contributed by atoms with van der Waals surface area (Å²) in [5, 5.41) is 5.36. The van der Waals surface area contributed by atoms with Crippen molar-refractivity contribution in [2.45, 2.75) is 45.6 Å². The molecule has 0 saturated carbocycles. The van der Waals surface area contributed by atoms with Crippen LogP contribution in [0.25, 0.3) is 0 Å². The molecule has 8 heteroatoms. The maximum Gasteiger partial charge on any atom is 0.407 e. The van der Waals surface area contributed by atoms with Crippen LogP contribution in [0.5, 0.6) is 5.75 Å². The molecule has 0 aliphatic rings. The molecule has 0 bridgehead atoms. The van der Waals surface area contributed by atoms with Gasteiger partial charge in [-0.05, 0) is 51.5 Å². The minimum Gasteiger partial charge on any atom is -0.493 e. The van der Waals surface area contributed by atoms with Gasteiger partial charge in [-0.15, -0.1) is 0 Å². The summed E-state index contributed by atoms with van der Waals surface area (Å²) in [5.41, 5.74) is 5.12. The molecule has 4 N–H and O–H groups in total. The van der Waals surface area contributed by atoms with Crippen molar-refractivity contribution in [1.29, 1.82) is 0 Å². The van der Waals surface area contributed by atoms with Crippen LogP contribution in [-0.2, 0) is 14.3 Å². The SMILES string of the molecule is CC(C)(C)OC(=O)NCCCC(=O)Nc1ccc(OCCC(N)=O)cc1. The number of anilines is 1. The molecule has 0 heterocycles. The highest BCUT2D eigenvalue weighted by atomic mass is 16.6. The van der Waals surface area contributed by atoms with Gasteiger partial charge >= 0.3 is 6.09 Å². The third kappa shape index (κ3) is 10.2. The van der Waals surface area contributed by atoms with Gasteiger partial charge in [-0.3, -0.25) is 9.59 Å². The molecule has 0 radical (unpaired) electrons. The lowest BCUT2D eigenvalue weighted by Gasteiger charge is -2.19. The van der Waals surface area contributed by atoms with Crippen LogP contribution in [0, 0.1) is 0 Å². The quantitative estimate of drug-likeness (QED) is 0.579. The van der Waals surface area contributed by atoms with E-state index in [1.165, 1.54) is 0 Å². The number of hydrogen-bond acceptors (Lipinski definition) is 5. The number of primary amides is 1. The lowest BCUT2D eigenvalue weighted by Crippen LogP contribution is -2.33. The van der Waals surface area contributed by atoms with Crippen LogP contribution in [0.1, 0.15) is 40.0 Å². The number of nitrogens with one attached hydrogen (secondary N) is 2. The molecule has 0 unspecified atom stereocenters. The fourth-order valence-electron chi connectivity index (χ4n) is 1.88. The van der Waals surface area contributed by atoms with Crippen molar-refractivity contribution in [2.24, 2.45) is 5.73 Å². The standard InChI is InChI=1S/C18H27N3O5/c1-18(2,3)26-17(24)20-11-4-5-16(23)21-13-6-8-14(9-7-13)25-12-10-15(19)22/h6-9H,4-5,10-12H2,1-3H3,(H2,19,22)(H,20,24)(H,21,23). The number of alkyl carbamates (subject to hydrolysis) is 1. The summed E-state index contributed by atoms with van der Waals surface area (Å²) in [6.45, 7) is 5.93. The first-order valence-corrected chi connectivity index (χ1v) is 8.43. The second-order valence-electron chi connectivity index (χ2n) is 6.67. The van der Waals surface area contributed by atoms with Gasteiger partial charge in [0.15, 0.2) is 0 Å². The van der Waals surface area contributed by atoms with Crippen molar-refractivity contribution in [2.75, 3.05) is 18.5 Å². The van der Waals surface area contributed by atoms with Crippen molar-refractivity contribution in [3.8, 4) is 5.75 Å². The first kappa shape index (κ1) is 21.3. The van der Waals surface area contributed by atoms with Crippen LogP contribution < -0.4 is 21.1 Å². The second-order valence-corrected chi connectivity index (χ2v) is 6.67. The largest absolute Gasteiger partial charge is 0.493 e. The van der Waals surface area contributed by atoms with E-state index in [4.69, 9.17) is 15.2 Å². The first-order valence-electron chi connectivity index (χ1n) is 8.43. The first-order chi connectivity index (χ1) is 12.2. The Morgan fingerprint density at radius 1 is 1.08 bits per heavy atom. The lowest BCUT2D eigenvalue weighted by atomic mass is 10.2. The van der Waals surface area contributed by atoms with Gasteiger partial charge in [0.2, 0.25) is 11.8 Å². The van der Waals surface area contributed by atoms with Crippen LogP contribution >= 0.6 is 0 Å². The molecule has 0 atom stereocenters. The number of benzene rings is 1. The predicted molar refractivity (Wildman–Crippen MR) is 97.8 cm³/mol. The molecule has 8 nitrogen and oxygen atoms in total. The highest BCUT2D eigenvalue weighted by Crippen LogP contribution is 2.16. The van der Waals surface area contributed by atoms with Gasteiger partial charge in [-0.1, -0.05) is 0 Å². The number of hydrogen-bond donors (Lipinski definition) is 3. The lowest BCUT2D eigenvalue weighted by molar-refractivity contribution is -0.118. The van der Waals surface area contributed by atoms with Gasteiger partial charge in [-0.25, -0.2) is 4.79 Å². The summed E-state index contributed by atoms with van der Waals surface area (Å²) < 4.78 is 10.5. The van der Waals surface area contributed by atoms with Gasteiger partial charge in [0.05, 0.1) is 13.0 Å². The Kier molecular flexibility index (Phi) is 8.41. The second kappa shape index (κ2) is 10.3. The Morgan fingerprint density at radius 2 is 1.73 bits per heavy atom. The highest BCUT2D eigenvalue weighted by Gasteiger charge is 2.15. The van der Waals surface area contributed by atoms with Crippen LogP contribution in [0.15, 0.2) is 24.3 Å². The smallest absolute Gasteiger partial charge is 0.407 e. The summed E-state index contributed by atoms with van der Waals surface area (Å²) >= 11 is 0. The third-order valence-electron chi connectivity index (χ3n) is 3.00. The average molecular weight is 365 g/mol. The van der Waals surface area contributed by atoms with Gasteiger partial charge in [0.25, 0.3) is 0 Å². The molecular formula is C18H27N3O5. The zero-order valence-corrected chi connectivity index (χ0v) is 15.5. The monoisotopic (exact) mass is 365 g/mol. The average Bonchev–Trinajstić information content (AvgIpc) is 2.51. The summed E-state index contributed by atoms with van der Waals surface area (Å²) in [6.07, 6.45) is 0.423. The topological polar surface area (TPSA) is 120 Å². The molecule has 0 spiro atoms. The maximum atomic E-state index is 11.9. The molecule has 1 aromatic rings. The summed E-state index contributed by atoms with van der Waals surface area (Å²) in [5.74, 6) is 0.0132. The molecule has 1 rings (SSSR count). The Bertz CT molecular complexity index is 608. The molecule has 1 aromatic carbocycles. The summed E-state index contributed by atoms with van der Waals surface area (Å²) in [6, 6.07) is 6.80. The molecule has 0 saturated heterocycles. The molecule has 0 aliphatic heterocycles. The van der Waals surface area contributed by atoms with Crippen LogP contribution in [0.4, 0.5) is 10.5 Å². The Labute approximate surface area is 153 Å². The number of nitrogens with two attached hydrogens (primary N) is 1. The number of amides is 3. The normalized spacial score (nSPS) is 10.7. The van der Waals surface area contributed by atoms with Crippen molar-refractivity contribution >= 4 is 23.6 Å². The number of rotatable bonds is 9. The van der Waals surface area contributed by atoms with Crippen molar-refractivity contribution in [3.05, 3.63) is 24.3 Å². The highest BCUT2D eigenvalue weighted by molar-refractivity contribution is 5.90. The molecule has 3 amide bonds. The fourth-order valence-corrected chi connectivity index (χ4v) is 1.88. The Balaban J connectivity index is 2.24. The molecular weight excluding hydrogens is 338 g/mol. The van der Waals surface area contributed by atoms with Crippen molar-refractivity contribution < 1.29 is 23.9 Å². The maximum absolute atomic E-state index is 11.9. The number of carbonyl (C=O) groups is 3. The van der Waals surface area contributed by atoms with Crippen molar-refractivity contribution in [1.82, 2.24) is 5.32 Å². The number of carbonyl (C=O) groups excluding carboxylic acids is 3. The van der Waals surface area contributed by atoms with E-state index in [0.717, 1.165) is 0 Å². The van der Waals surface area contributed by atoms with E-state index in [1.807, 2.05) is 0 Å². The minimum absolute atomic E-state index is 0.149. The van der Waals surface area contributed by atoms with Gasteiger partial charge in [0.1, 0.15) is 11.4 Å². The van der Waals surface area contributed by atoms with Gasteiger partial charge in [0, 0.05) is 18.7 Å². The van der Waals surface area contributed by atoms with E-state index in [1.54, 1.807) is 45.0 Å². The fraction of sp³-hybridized carbons (Fsp3) is 0.500. The van der Waals surface area contributed by atoms with Crippen LogP contribution in [0.3, 0.4) is 0 Å². The zero-order chi connectivity index (χ0) is 19.6. The van der Waals surface area contributed by atoms with Gasteiger partial charge < -0.3 is 25.8 Å².